The molecule has 1 aliphatic rings. The molecule has 0 spiro atoms. The summed E-state index contributed by atoms with van der Waals surface area (Å²) >= 11 is 0. The van der Waals surface area contributed by atoms with Crippen molar-refractivity contribution in [2.45, 2.75) is 34.1 Å². The summed E-state index contributed by atoms with van der Waals surface area (Å²) in [6, 6.07) is 0. The highest BCUT2D eigenvalue weighted by molar-refractivity contribution is 6.54. The number of hydrogen-bond acceptors (Lipinski definition) is 4. The lowest BCUT2D eigenvalue weighted by Crippen LogP contribution is -2.72. The van der Waals surface area contributed by atoms with Crippen LogP contribution in [0.15, 0.2) is 4.99 Å². The SMILES string of the molecule is CCC[N+]1([Si](OCC)(OCC)OCC)C=NCC1. The summed E-state index contributed by atoms with van der Waals surface area (Å²) in [5.41, 5.74) is 0. The number of rotatable bonds is 9. The van der Waals surface area contributed by atoms with Gasteiger partial charge in [0, 0.05) is 19.8 Å². The fourth-order valence-electron chi connectivity index (χ4n) is 2.48. The van der Waals surface area contributed by atoms with Crippen molar-refractivity contribution >= 4 is 15.3 Å². The molecule has 1 unspecified atom stereocenters. The van der Waals surface area contributed by atoms with Crippen molar-refractivity contribution in [3.63, 3.8) is 0 Å². The Hall–Kier alpha value is -0.273. The molecule has 106 valence electrons. The number of nitrogens with zero attached hydrogens (tertiary/aromatic N) is 2. The first-order chi connectivity index (χ1) is 8.70. The highest BCUT2D eigenvalue weighted by atomic mass is 28.4. The van der Waals surface area contributed by atoms with E-state index in [0.717, 1.165) is 26.1 Å². The molecule has 0 N–H and O–H groups in total. The second-order valence-electron chi connectivity index (χ2n) is 4.33. The van der Waals surface area contributed by atoms with Crippen molar-refractivity contribution in [3.05, 3.63) is 0 Å². The van der Waals surface area contributed by atoms with Crippen LogP contribution in [0.2, 0.25) is 0 Å². The van der Waals surface area contributed by atoms with E-state index in [2.05, 4.69) is 11.9 Å². The first-order valence-corrected chi connectivity index (χ1v) is 8.67. The molecule has 0 aromatic heterocycles. The van der Waals surface area contributed by atoms with E-state index in [0.29, 0.717) is 24.0 Å². The van der Waals surface area contributed by atoms with Gasteiger partial charge in [0.15, 0.2) is 6.34 Å². The summed E-state index contributed by atoms with van der Waals surface area (Å²) in [7, 11) is -2.75. The summed E-state index contributed by atoms with van der Waals surface area (Å²) in [5.74, 6) is 0. The zero-order valence-corrected chi connectivity index (χ0v) is 13.1. The molecule has 0 fully saturated rings. The summed E-state index contributed by atoms with van der Waals surface area (Å²) < 4.78 is 18.7. The standard InChI is InChI=1S/C12H27N2O3Si/c1-5-10-14(11-9-13-12-14)18(15-6-2,16-7-3)17-8-4/h12H,5-11H2,1-4H3/q+1. The van der Waals surface area contributed by atoms with Gasteiger partial charge < -0.3 is 13.3 Å². The molecular weight excluding hydrogens is 248 g/mol. The van der Waals surface area contributed by atoms with E-state index in [1.54, 1.807) is 0 Å². The molecule has 0 aromatic carbocycles. The molecule has 0 saturated heterocycles. The molecule has 0 bridgehead atoms. The summed E-state index contributed by atoms with van der Waals surface area (Å²) in [4.78, 5) is 4.41. The van der Waals surface area contributed by atoms with E-state index in [4.69, 9.17) is 13.3 Å². The van der Waals surface area contributed by atoms with Crippen LogP contribution in [0.25, 0.3) is 0 Å². The Morgan fingerprint density at radius 2 is 1.61 bits per heavy atom. The maximum Gasteiger partial charge on any atom is 0.790 e. The van der Waals surface area contributed by atoms with Crippen LogP contribution in [-0.2, 0) is 13.3 Å². The maximum absolute atomic E-state index is 6.03. The van der Waals surface area contributed by atoms with Crippen LogP contribution in [0, 0.1) is 0 Å². The van der Waals surface area contributed by atoms with E-state index in [-0.39, 0.29) is 0 Å². The lowest BCUT2D eigenvalue weighted by Gasteiger charge is -2.41. The highest BCUT2D eigenvalue weighted by Crippen LogP contribution is 2.27. The minimum Gasteiger partial charge on any atom is -0.325 e. The fourth-order valence-corrected chi connectivity index (χ4v) is 5.69. The summed E-state index contributed by atoms with van der Waals surface area (Å²) in [6.45, 7) is 12.7. The number of quaternary nitrogens is 1. The number of aliphatic imine (C=N–C) groups is 1. The van der Waals surface area contributed by atoms with Crippen LogP contribution in [-0.4, -0.2) is 58.9 Å². The Labute approximate surface area is 112 Å². The summed E-state index contributed by atoms with van der Waals surface area (Å²) in [5, 5.41) is 0. The molecule has 0 amide bonds. The Kier molecular flexibility index (Phi) is 6.44. The summed E-state index contributed by atoms with van der Waals surface area (Å²) in [6.07, 6.45) is 3.06. The zero-order valence-electron chi connectivity index (χ0n) is 12.1. The Bertz CT molecular complexity index is 259. The molecule has 5 nitrogen and oxygen atoms in total. The van der Waals surface area contributed by atoms with E-state index in [1.165, 1.54) is 0 Å². The van der Waals surface area contributed by atoms with Crippen molar-refractivity contribution in [3.8, 4) is 0 Å². The third-order valence-electron chi connectivity index (χ3n) is 3.08. The van der Waals surface area contributed by atoms with E-state index in [1.807, 2.05) is 27.1 Å². The van der Waals surface area contributed by atoms with Crippen molar-refractivity contribution in [1.29, 1.82) is 0 Å². The molecule has 0 saturated carbocycles. The van der Waals surface area contributed by atoms with E-state index < -0.39 is 8.97 Å². The van der Waals surface area contributed by atoms with Gasteiger partial charge in [-0.25, -0.2) is 4.99 Å². The van der Waals surface area contributed by atoms with Crippen LogP contribution in [0.3, 0.4) is 0 Å². The normalized spacial score (nSPS) is 23.8. The maximum atomic E-state index is 6.03. The van der Waals surface area contributed by atoms with Gasteiger partial charge >= 0.3 is 8.97 Å². The molecular formula is C12H27N2O3Si+. The number of hydrogen-bond donors (Lipinski definition) is 0. The Morgan fingerprint density at radius 1 is 1.06 bits per heavy atom. The van der Waals surface area contributed by atoms with Crippen LogP contribution >= 0.6 is 0 Å². The molecule has 0 aliphatic carbocycles. The van der Waals surface area contributed by atoms with Gasteiger partial charge in [0.1, 0.15) is 0 Å². The van der Waals surface area contributed by atoms with Gasteiger partial charge in [0.2, 0.25) is 0 Å². The fraction of sp³-hybridized carbons (Fsp3) is 0.917. The van der Waals surface area contributed by atoms with Crippen molar-refractivity contribution in [2.24, 2.45) is 4.99 Å². The average molecular weight is 275 g/mol. The molecule has 6 heteroatoms. The Balaban J connectivity index is 3.06. The third-order valence-corrected chi connectivity index (χ3v) is 6.69. The quantitative estimate of drug-likeness (QED) is 0.602. The average Bonchev–Trinajstić information content (AvgIpc) is 2.80. The van der Waals surface area contributed by atoms with Crippen molar-refractivity contribution in [1.82, 2.24) is 0 Å². The van der Waals surface area contributed by atoms with Crippen LogP contribution in [0.1, 0.15) is 34.1 Å². The lowest BCUT2D eigenvalue weighted by atomic mass is 10.4. The van der Waals surface area contributed by atoms with Crippen molar-refractivity contribution < 1.29 is 17.4 Å². The molecule has 1 rings (SSSR count). The second-order valence-corrected chi connectivity index (χ2v) is 7.13. The third kappa shape index (κ3) is 3.00. The molecule has 0 radical (unpaired) electrons. The predicted molar refractivity (Wildman–Crippen MR) is 74.3 cm³/mol. The van der Waals surface area contributed by atoms with Gasteiger partial charge in [-0.2, -0.15) is 0 Å². The smallest absolute Gasteiger partial charge is 0.325 e. The van der Waals surface area contributed by atoms with Crippen LogP contribution in [0.4, 0.5) is 0 Å². The van der Waals surface area contributed by atoms with Crippen molar-refractivity contribution in [2.75, 3.05) is 39.5 Å². The Morgan fingerprint density at radius 3 is 1.94 bits per heavy atom. The topological polar surface area (TPSA) is 40.0 Å². The predicted octanol–water partition coefficient (Wildman–Crippen LogP) is 1.80. The van der Waals surface area contributed by atoms with Crippen LogP contribution < -0.4 is 0 Å². The molecule has 0 aromatic rings. The van der Waals surface area contributed by atoms with Gasteiger partial charge in [0.25, 0.3) is 0 Å². The van der Waals surface area contributed by atoms with Gasteiger partial charge in [0.05, 0.1) is 19.6 Å². The van der Waals surface area contributed by atoms with Gasteiger partial charge in [-0.15, -0.1) is 0 Å². The molecule has 18 heavy (non-hydrogen) atoms. The largest absolute Gasteiger partial charge is 0.790 e. The first kappa shape index (κ1) is 15.8. The van der Waals surface area contributed by atoms with Gasteiger partial charge in [-0.05, 0) is 27.2 Å². The van der Waals surface area contributed by atoms with Gasteiger partial charge in [-0.1, -0.05) is 6.92 Å². The monoisotopic (exact) mass is 275 g/mol. The zero-order chi connectivity index (χ0) is 13.5. The highest BCUT2D eigenvalue weighted by Gasteiger charge is 2.66. The van der Waals surface area contributed by atoms with Crippen LogP contribution in [0.5, 0.6) is 0 Å². The molecule has 1 heterocycles. The minimum atomic E-state index is -2.75. The second kappa shape index (κ2) is 7.35. The van der Waals surface area contributed by atoms with E-state index in [9.17, 15) is 0 Å². The first-order valence-electron chi connectivity index (χ1n) is 7.00. The molecule has 1 atom stereocenters. The lowest BCUT2D eigenvalue weighted by molar-refractivity contribution is -0.757. The molecule has 1 aliphatic heterocycles. The van der Waals surface area contributed by atoms with Gasteiger partial charge in [-0.3, -0.25) is 4.15 Å². The van der Waals surface area contributed by atoms with E-state index >= 15 is 0 Å². The minimum absolute atomic E-state index is 0.615.